The Morgan fingerprint density at radius 1 is 1.29 bits per heavy atom. The first-order chi connectivity index (χ1) is 13.5. The Hall–Kier alpha value is -3.06. The van der Waals surface area contributed by atoms with E-state index in [1.54, 1.807) is 37.6 Å². The monoisotopic (exact) mass is 401 g/mol. The second-order valence-electron chi connectivity index (χ2n) is 6.16. The van der Waals surface area contributed by atoms with Crippen molar-refractivity contribution in [3.05, 3.63) is 70.8 Å². The Balaban J connectivity index is 1.53. The van der Waals surface area contributed by atoms with E-state index >= 15 is 0 Å². The van der Waals surface area contributed by atoms with Crippen molar-refractivity contribution in [2.75, 3.05) is 7.11 Å². The van der Waals surface area contributed by atoms with Crippen LogP contribution in [-0.2, 0) is 13.0 Å². The lowest BCUT2D eigenvalue weighted by Crippen LogP contribution is -2.34. The van der Waals surface area contributed by atoms with Gasteiger partial charge in [-0.25, -0.2) is 0 Å². The molecule has 7 nitrogen and oxygen atoms in total. The summed E-state index contributed by atoms with van der Waals surface area (Å²) >= 11 is 6.13. The van der Waals surface area contributed by atoms with Crippen molar-refractivity contribution in [2.45, 2.75) is 26.0 Å². The number of ether oxygens (including phenoxy) is 2. The average molecular weight is 402 g/mol. The van der Waals surface area contributed by atoms with Crippen LogP contribution in [0.3, 0.4) is 0 Å². The van der Waals surface area contributed by atoms with E-state index in [-0.39, 0.29) is 24.2 Å². The summed E-state index contributed by atoms with van der Waals surface area (Å²) in [6.45, 7) is 2.00. The minimum Gasteiger partial charge on any atom is -0.497 e. The van der Waals surface area contributed by atoms with Crippen molar-refractivity contribution in [1.82, 2.24) is 15.5 Å². The zero-order chi connectivity index (χ0) is 19.9. The van der Waals surface area contributed by atoms with E-state index in [1.165, 1.54) is 0 Å². The van der Waals surface area contributed by atoms with Crippen LogP contribution in [0.5, 0.6) is 11.5 Å². The SMILES string of the molecule is COc1ccc(OCc2cc(C(=O)N[C@H](C)Cc3ccccn3)no2)c(Cl)c1. The summed E-state index contributed by atoms with van der Waals surface area (Å²) in [7, 11) is 1.56. The van der Waals surface area contributed by atoms with E-state index in [4.69, 9.17) is 25.6 Å². The van der Waals surface area contributed by atoms with E-state index in [0.717, 1.165) is 5.69 Å². The van der Waals surface area contributed by atoms with E-state index in [1.807, 2.05) is 25.1 Å². The van der Waals surface area contributed by atoms with Crippen molar-refractivity contribution >= 4 is 17.5 Å². The molecule has 28 heavy (non-hydrogen) atoms. The quantitative estimate of drug-likeness (QED) is 0.619. The van der Waals surface area contributed by atoms with Gasteiger partial charge >= 0.3 is 0 Å². The minimum atomic E-state index is -0.319. The Kier molecular flexibility index (Phi) is 6.49. The molecule has 8 heteroatoms. The maximum atomic E-state index is 12.3. The highest BCUT2D eigenvalue weighted by atomic mass is 35.5. The normalized spacial score (nSPS) is 11.7. The molecule has 3 aromatic rings. The number of hydrogen-bond acceptors (Lipinski definition) is 6. The van der Waals surface area contributed by atoms with Gasteiger partial charge in [0.05, 0.1) is 12.1 Å². The third kappa shape index (κ3) is 5.23. The zero-order valence-corrected chi connectivity index (χ0v) is 16.3. The molecule has 0 aliphatic heterocycles. The van der Waals surface area contributed by atoms with Crippen LogP contribution in [0, 0.1) is 0 Å². The van der Waals surface area contributed by atoms with Crippen LogP contribution in [0.15, 0.2) is 53.2 Å². The standard InChI is InChI=1S/C20H20ClN3O4/c1-13(9-14-5-3-4-8-22-14)23-20(25)18-11-16(28-24-18)12-27-19-7-6-15(26-2)10-17(19)21/h3-8,10-11,13H,9,12H2,1-2H3,(H,23,25)/t13-/m1/s1. The minimum absolute atomic E-state index is 0.0931. The number of hydrogen-bond donors (Lipinski definition) is 1. The van der Waals surface area contributed by atoms with Crippen LogP contribution in [0.4, 0.5) is 0 Å². The maximum absolute atomic E-state index is 12.3. The second-order valence-corrected chi connectivity index (χ2v) is 6.57. The van der Waals surface area contributed by atoms with Gasteiger partial charge in [-0.1, -0.05) is 22.8 Å². The number of methoxy groups -OCH3 is 1. The van der Waals surface area contributed by atoms with Crippen LogP contribution in [0.25, 0.3) is 0 Å². The third-order valence-corrected chi connectivity index (χ3v) is 4.21. The summed E-state index contributed by atoms with van der Waals surface area (Å²) in [6, 6.07) is 12.2. The molecule has 0 unspecified atom stereocenters. The molecule has 0 fully saturated rings. The fourth-order valence-electron chi connectivity index (χ4n) is 2.54. The number of carbonyl (C=O) groups excluding carboxylic acids is 1. The molecular formula is C20H20ClN3O4. The van der Waals surface area contributed by atoms with E-state index < -0.39 is 0 Å². The number of carbonyl (C=O) groups is 1. The molecule has 3 rings (SSSR count). The van der Waals surface area contributed by atoms with Crippen molar-refractivity contribution in [1.29, 1.82) is 0 Å². The summed E-state index contributed by atoms with van der Waals surface area (Å²) in [5.74, 6) is 1.21. The van der Waals surface area contributed by atoms with Gasteiger partial charge in [-0.05, 0) is 31.2 Å². The van der Waals surface area contributed by atoms with Crippen LogP contribution in [-0.4, -0.2) is 29.2 Å². The zero-order valence-electron chi connectivity index (χ0n) is 15.5. The van der Waals surface area contributed by atoms with Crippen LogP contribution >= 0.6 is 11.6 Å². The van der Waals surface area contributed by atoms with Gasteiger partial charge in [0.15, 0.2) is 11.5 Å². The number of nitrogens with one attached hydrogen (secondary N) is 1. The van der Waals surface area contributed by atoms with E-state index in [9.17, 15) is 4.79 Å². The molecule has 0 saturated heterocycles. The molecule has 2 aromatic heterocycles. The molecule has 0 saturated carbocycles. The predicted octanol–water partition coefficient (Wildman–Crippen LogP) is 3.67. The fourth-order valence-corrected chi connectivity index (χ4v) is 2.77. The van der Waals surface area contributed by atoms with Crippen LogP contribution in [0.2, 0.25) is 5.02 Å². The van der Waals surface area contributed by atoms with Gasteiger partial charge in [-0.2, -0.15) is 0 Å². The molecule has 0 bridgehead atoms. The molecule has 1 aromatic carbocycles. The number of benzene rings is 1. The summed E-state index contributed by atoms with van der Waals surface area (Å²) in [5.41, 5.74) is 1.09. The summed E-state index contributed by atoms with van der Waals surface area (Å²) in [5, 5.41) is 7.10. The number of aromatic nitrogens is 2. The Labute approximate surface area is 167 Å². The average Bonchev–Trinajstić information content (AvgIpc) is 3.17. The lowest BCUT2D eigenvalue weighted by molar-refractivity contribution is 0.0930. The first-order valence-corrected chi connectivity index (χ1v) is 9.05. The van der Waals surface area contributed by atoms with E-state index in [2.05, 4.69) is 15.5 Å². The number of amides is 1. The topological polar surface area (TPSA) is 86.5 Å². The highest BCUT2D eigenvalue weighted by Gasteiger charge is 2.16. The molecule has 0 aliphatic rings. The highest BCUT2D eigenvalue weighted by molar-refractivity contribution is 6.32. The van der Waals surface area contributed by atoms with Gasteiger partial charge < -0.3 is 19.3 Å². The molecule has 146 valence electrons. The Bertz CT molecular complexity index is 930. The Morgan fingerprint density at radius 3 is 2.86 bits per heavy atom. The van der Waals surface area contributed by atoms with Crippen molar-refractivity contribution < 1.29 is 18.8 Å². The molecule has 0 spiro atoms. The summed E-state index contributed by atoms with van der Waals surface area (Å²) in [4.78, 5) is 16.6. The number of pyridine rings is 1. The lowest BCUT2D eigenvalue weighted by atomic mass is 10.1. The Morgan fingerprint density at radius 2 is 2.14 bits per heavy atom. The smallest absolute Gasteiger partial charge is 0.273 e. The van der Waals surface area contributed by atoms with Crippen molar-refractivity contribution in [2.24, 2.45) is 0 Å². The van der Waals surface area contributed by atoms with Crippen LogP contribution < -0.4 is 14.8 Å². The highest BCUT2D eigenvalue weighted by Crippen LogP contribution is 2.29. The molecule has 1 amide bonds. The summed E-state index contributed by atoms with van der Waals surface area (Å²) < 4.78 is 15.9. The lowest BCUT2D eigenvalue weighted by Gasteiger charge is -2.11. The third-order valence-electron chi connectivity index (χ3n) is 3.92. The van der Waals surface area contributed by atoms with Gasteiger partial charge in [0.2, 0.25) is 0 Å². The second kappa shape index (κ2) is 9.23. The number of rotatable bonds is 8. The largest absolute Gasteiger partial charge is 0.497 e. The van der Waals surface area contributed by atoms with Crippen LogP contribution in [0.1, 0.15) is 28.9 Å². The maximum Gasteiger partial charge on any atom is 0.273 e. The predicted molar refractivity (Wildman–Crippen MR) is 104 cm³/mol. The van der Waals surface area contributed by atoms with Gasteiger partial charge in [-0.15, -0.1) is 0 Å². The van der Waals surface area contributed by atoms with Gasteiger partial charge in [0, 0.05) is 36.5 Å². The molecule has 1 atom stereocenters. The molecular weight excluding hydrogens is 382 g/mol. The number of halogens is 1. The van der Waals surface area contributed by atoms with E-state index in [0.29, 0.717) is 28.7 Å². The molecule has 0 radical (unpaired) electrons. The first kappa shape index (κ1) is 19.7. The fraction of sp³-hybridized carbons (Fsp3) is 0.250. The van der Waals surface area contributed by atoms with Crippen molar-refractivity contribution in [3.8, 4) is 11.5 Å². The first-order valence-electron chi connectivity index (χ1n) is 8.68. The molecule has 1 N–H and O–H groups in total. The summed E-state index contributed by atoms with van der Waals surface area (Å²) in [6.07, 6.45) is 2.35. The van der Waals surface area contributed by atoms with Gasteiger partial charge in [0.25, 0.3) is 5.91 Å². The van der Waals surface area contributed by atoms with Gasteiger partial charge in [0.1, 0.15) is 18.1 Å². The molecule has 2 heterocycles. The van der Waals surface area contributed by atoms with Crippen molar-refractivity contribution in [3.63, 3.8) is 0 Å². The number of nitrogens with zero attached hydrogens (tertiary/aromatic N) is 2. The molecule has 0 aliphatic carbocycles. The van der Waals surface area contributed by atoms with Gasteiger partial charge in [-0.3, -0.25) is 9.78 Å².